The monoisotopic (exact) mass is 245 g/mol. The molecule has 0 unspecified atom stereocenters. The van der Waals surface area contributed by atoms with Crippen LogP contribution in [0.15, 0.2) is 28.8 Å². The average Bonchev–Trinajstić information content (AvgIpc) is 2.74. The molecule has 18 heavy (non-hydrogen) atoms. The maximum atomic E-state index is 5.80. The summed E-state index contributed by atoms with van der Waals surface area (Å²) >= 11 is 0. The van der Waals surface area contributed by atoms with Gasteiger partial charge in [-0.25, -0.2) is 4.98 Å². The van der Waals surface area contributed by atoms with E-state index in [9.17, 15) is 0 Å². The molecule has 0 aliphatic rings. The van der Waals surface area contributed by atoms with Crippen molar-refractivity contribution in [2.75, 3.05) is 11.9 Å². The highest BCUT2D eigenvalue weighted by molar-refractivity contribution is 5.49. The fraction of sp³-hybridized carbons (Fsp3) is 0.357. The van der Waals surface area contributed by atoms with Crippen LogP contribution in [0.1, 0.15) is 22.6 Å². The van der Waals surface area contributed by atoms with Crippen LogP contribution in [0.5, 0.6) is 0 Å². The zero-order valence-electron chi connectivity index (χ0n) is 11.1. The highest BCUT2D eigenvalue weighted by atomic mass is 16.3. The molecule has 2 rings (SSSR count). The smallest absolute Gasteiger partial charge is 0.133 e. The van der Waals surface area contributed by atoms with Gasteiger partial charge >= 0.3 is 0 Å². The Morgan fingerprint density at radius 2 is 2.06 bits per heavy atom. The molecule has 0 aliphatic carbocycles. The van der Waals surface area contributed by atoms with Gasteiger partial charge in [0.15, 0.2) is 0 Å². The lowest BCUT2D eigenvalue weighted by atomic mass is 10.1. The van der Waals surface area contributed by atoms with Crippen molar-refractivity contribution in [3.05, 3.63) is 47.0 Å². The number of hydrogen-bond donors (Lipinski definition) is 1. The highest BCUT2D eigenvalue weighted by Gasteiger charge is 2.11. The van der Waals surface area contributed by atoms with Crippen molar-refractivity contribution in [1.29, 1.82) is 0 Å². The Morgan fingerprint density at radius 1 is 1.28 bits per heavy atom. The van der Waals surface area contributed by atoms with Crippen molar-refractivity contribution in [3.63, 3.8) is 0 Å². The number of anilines is 1. The molecule has 0 saturated carbocycles. The van der Waals surface area contributed by atoms with Crippen LogP contribution in [-0.4, -0.2) is 12.0 Å². The topological polar surface area (TPSA) is 55.3 Å². The average molecular weight is 245 g/mol. The molecule has 0 amide bonds. The third kappa shape index (κ3) is 2.54. The van der Waals surface area contributed by atoms with Gasteiger partial charge in [0.1, 0.15) is 17.3 Å². The molecule has 0 fully saturated rings. The van der Waals surface area contributed by atoms with Gasteiger partial charge in [-0.3, -0.25) is 0 Å². The largest absolute Gasteiger partial charge is 0.464 e. The van der Waals surface area contributed by atoms with Gasteiger partial charge in [0.25, 0.3) is 0 Å². The summed E-state index contributed by atoms with van der Waals surface area (Å²) in [7, 11) is 2.00. The maximum absolute atomic E-state index is 5.80. The van der Waals surface area contributed by atoms with E-state index in [1.807, 2.05) is 38.4 Å². The molecule has 2 heterocycles. The van der Waals surface area contributed by atoms with E-state index in [0.29, 0.717) is 13.1 Å². The summed E-state index contributed by atoms with van der Waals surface area (Å²) in [6, 6.07) is 5.94. The number of furan rings is 1. The zero-order valence-corrected chi connectivity index (χ0v) is 11.1. The van der Waals surface area contributed by atoms with Crippen molar-refractivity contribution in [2.24, 2.45) is 5.73 Å². The Balaban J connectivity index is 2.23. The van der Waals surface area contributed by atoms with Crippen molar-refractivity contribution < 1.29 is 4.42 Å². The van der Waals surface area contributed by atoms with Gasteiger partial charge in [0.2, 0.25) is 0 Å². The molecule has 2 N–H and O–H groups in total. The summed E-state index contributed by atoms with van der Waals surface area (Å²) in [4.78, 5) is 6.48. The minimum Gasteiger partial charge on any atom is -0.464 e. The first-order valence-corrected chi connectivity index (χ1v) is 6.03. The van der Waals surface area contributed by atoms with E-state index in [1.54, 1.807) is 0 Å². The van der Waals surface area contributed by atoms with E-state index in [2.05, 4.69) is 16.8 Å². The number of aromatic nitrogens is 1. The van der Waals surface area contributed by atoms with Gasteiger partial charge in [-0.2, -0.15) is 0 Å². The fourth-order valence-corrected chi connectivity index (χ4v) is 2.03. The van der Waals surface area contributed by atoms with Crippen LogP contribution in [0.4, 0.5) is 5.82 Å². The van der Waals surface area contributed by atoms with Crippen molar-refractivity contribution >= 4 is 5.82 Å². The predicted octanol–water partition coefficient (Wildman–Crippen LogP) is 2.39. The summed E-state index contributed by atoms with van der Waals surface area (Å²) in [5.74, 6) is 2.78. The Kier molecular flexibility index (Phi) is 3.67. The summed E-state index contributed by atoms with van der Waals surface area (Å²) in [6.45, 7) is 5.19. The minimum absolute atomic E-state index is 0.497. The lowest BCUT2D eigenvalue weighted by molar-refractivity contribution is 0.481. The lowest BCUT2D eigenvalue weighted by Gasteiger charge is -2.20. The molecule has 2 aromatic rings. The molecule has 4 heteroatoms. The molecule has 0 aliphatic heterocycles. The number of hydrogen-bond acceptors (Lipinski definition) is 4. The van der Waals surface area contributed by atoms with Gasteiger partial charge in [-0.15, -0.1) is 0 Å². The van der Waals surface area contributed by atoms with E-state index < -0.39 is 0 Å². The van der Waals surface area contributed by atoms with Crippen LogP contribution in [0.2, 0.25) is 0 Å². The second-order valence-corrected chi connectivity index (χ2v) is 4.50. The van der Waals surface area contributed by atoms with E-state index in [4.69, 9.17) is 10.2 Å². The molecule has 0 atom stereocenters. The van der Waals surface area contributed by atoms with Crippen LogP contribution < -0.4 is 10.6 Å². The van der Waals surface area contributed by atoms with Crippen LogP contribution in [0.3, 0.4) is 0 Å². The number of aryl methyl sites for hydroxylation is 2. The number of nitrogens with zero attached hydrogens (tertiary/aromatic N) is 2. The summed E-state index contributed by atoms with van der Waals surface area (Å²) in [5.41, 5.74) is 8.05. The first-order valence-electron chi connectivity index (χ1n) is 6.03. The molecule has 0 bridgehead atoms. The number of rotatable bonds is 4. The highest BCUT2D eigenvalue weighted by Crippen LogP contribution is 2.21. The van der Waals surface area contributed by atoms with Crippen molar-refractivity contribution in [1.82, 2.24) is 4.98 Å². The standard InChI is InChI=1S/C14H19N3O/c1-10-6-7-16-14(13(10)8-15)17(3)9-12-5-4-11(2)18-12/h4-7H,8-9,15H2,1-3H3. The van der Waals surface area contributed by atoms with Crippen molar-refractivity contribution in [2.45, 2.75) is 26.9 Å². The summed E-state index contributed by atoms with van der Waals surface area (Å²) in [6.07, 6.45) is 1.81. The molecular formula is C14H19N3O. The second-order valence-electron chi connectivity index (χ2n) is 4.50. The van der Waals surface area contributed by atoms with Gasteiger partial charge in [0, 0.05) is 25.4 Å². The van der Waals surface area contributed by atoms with Crippen LogP contribution >= 0.6 is 0 Å². The van der Waals surface area contributed by atoms with Crippen molar-refractivity contribution in [3.8, 4) is 0 Å². The SMILES string of the molecule is Cc1ccc(CN(C)c2nccc(C)c2CN)o1. The Bertz CT molecular complexity index is 534. The van der Waals surface area contributed by atoms with Gasteiger partial charge in [0.05, 0.1) is 6.54 Å². The third-order valence-corrected chi connectivity index (χ3v) is 3.02. The van der Waals surface area contributed by atoms with E-state index in [0.717, 1.165) is 22.9 Å². The third-order valence-electron chi connectivity index (χ3n) is 3.02. The summed E-state index contributed by atoms with van der Waals surface area (Å²) < 4.78 is 5.58. The Hall–Kier alpha value is -1.81. The van der Waals surface area contributed by atoms with Crippen LogP contribution in [0.25, 0.3) is 0 Å². The quantitative estimate of drug-likeness (QED) is 0.898. The van der Waals surface area contributed by atoms with Crippen LogP contribution in [-0.2, 0) is 13.1 Å². The van der Waals surface area contributed by atoms with E-state index in [1.165, 1.54) is 5.56 Å². The molecule has 96 valence electrons. The minimum atomic E-state index is 0.497. The fourth-order valence-electron chi connectivity index (χ4n) is 2.03. The molecule has 0 radical (unpaired) electrons. The van der Waals surface area contributed by atoms with E-state index in [-0.39, 0.29) is 0 Å². The maximum Gasteiger partial charge on any atom is 0.133 e. The number of pyridine rings is 1. The normalized spacial score (nSPS) is 10.7. The second kappa shape index (κ2) is 5.23. The first-order chi connectivity index (χ1) is 8.61. The van der Waals surface area contributed by atoms with E-state index >= 15 is 0 Å². The Labute approximate surface area is 107 Å². The first kappa shape index (κ1) is 12.6. The molecule has 0 aromatic carbocycles. The van der Waals surface area contributed by atoms with Crippen LogP contribution in [0, 0.1) is 13.8 Å². The zero-order chi connectivity index (χ0) is 13.1. The van der Waals surface area contributed by atoms with Gasteiger partial charge in [-0.1, -0.05) is 0 Å². The summed E-state index contributed by atoms with van der Waals surface area (Å²) in [5, 5.41) is 0. The predicted molar refractivity (Wildman–Crippen MR) is 72.4 cm³/mol. The lowest BCUT2D eigenvalue weighted by Crippen LogP contribution is -2.20. The molecule has 4 nitrogen and oxygen atoms in total. The van der Waals surface area contributed by atoms with Gasteiger partial charge < -0.3 is 15.1 Å². The molecular weight excluding hydrogens is 226 g/mol. The molecule has 0 spiro atoms. The molecule has 0 saturated heterocycles. The van der Waals surface area contributed by atoms with Gasteiger partial charge in [-0.05, 0) is 37.6 Å². The Morgan fingerprint density at radius 3 is 2.67 bits per heavy atom. The molecule has 2 aromatic heterocycles. The number of nitrogens with two attached hydrogens (primary N) is 1.